The third-order valence-electron chi connectivity index (χ3n) is 3.27. The third kappa shape index (κ3) is 2.19. The Labute approximate surface area is 95.8 Å². The van der Waals surface area contributed by atoms with E-state index >= 15 is 0 Å². The molecule has 0 aromatic heterocycles. The minimum atomic E-state index is -0.159. The first kappa shape index (κ1) is 11.4. The van der Waals surface area contributed by atoms with E-state index in [4.69, 9.17) is 0 Å². The van der Waals surface area contributed by atoms with Gasteiger partial charge >= 0.3 is 6.03 Å². The van der Waals surface area contributed by atoms with E-state index in [2.05, 4.69) is 12.2 Å². The summed E-state index contributed by atoms with van der Waals surface area (Å²) in [5, 5.41) is 3.36. The van der Waals surface area contributed by atoms with Crippen LogP contribution in [-0.4, -0.2) is 54.5 Å². The first-order valence-electron chi connectivity index (χ1n) is 5.92. The molecule has 1 unspecified atom stereocenters. The number of carbonyl (C=O) groups excluding carboxylic acids is 2. The van der Waals surface area contributed by atoms with Gasteiger partial charge in [-0.1, -0.05) is 6.92 Å². The highest BCUT2D eigenvalue weighted by Crippen LogP contribution is 2.33. The molecule has 16 heavy (non-hydrogen) atoms. The maximum Gasteiger partial charge on any atom is 0.327 e. The van der Waals surface area contributed by atoms with Gasteiger partial charge in [0.05, 0.1) is 0 Å². The maximum atomic E-state index is 11.7. The smallest absolute Gasteiger partial charge is 0.318 e. The molecule has 1 atom stereocenters. The van der Waals surface area contributed by atoms with Crippen molar-refractivity contribution in [2.75, 3.05) is 26.7 Å². The lowest BCUT2D eigenvalue weighted by atomic mass is 10.1. The molecule has 5 heteroatoms. The van der Waals surface area contributed by atoms with Crippen LogP contribution in [0.4, 0.5) is 4.79 Å². The summed E-state index contributed by atoms with van der Waals surface area (Å²) in [5.41, 5.74) is 0. The molecule has 1 N–H and O–H groups in total. The summed E-state index contributed by atoms with van der Waals surface area (Å²) in [6.45, 7) is 3.69. The average molecular weight is 225 g/mol. The quantitative estimate of drug-likeness (QED) is 0.683. The molecule has 1 saturated carbocycles. The Hall–Kier alpha value is -1.10. The number of hydrogen-bond acceptors (Lipinski definition) is 3. The van der Waals surface area contributed by atoms with Crippen LogP contribution >= 0.6 is 0 Å². The summed E-state index contributed by atoms with van der Waals surface area (Å²) in [6.07, 6.45) is 2.42. The van der Waals surface area contributed by atoms with Gasteiger partial charge in [0, 0.05) is 19.6 Å². The molecule has 90 valence electrons. The fourth-order valence-corrected chi connectivity index (χ4v) is 2.19. The minimum Gasteiger partial charge on any atom is -0.318 e. The fraction of sp³-hybridized carbons (Fsp3) is 0.818. The van der Waals surface area contributed by atoms with E-state index in [9.17, 15) is 9.59 Å². The van der Waals surface area contributed by atoms with Crippen LogP contribution < -0.4 is 5.32 Å². The van der Waals surface area contributed by atoms with Gasteiger partial charge in [-0.25, -0.2) is 4.79 Å². The predicted molar refractivity (Wildman–Crippen MR) is 59.9 cm³/mol. The number of carbonyl (C=O) groups is 2. The summed E-state index contributed by atoms with van der Waals surface area (Å²) >= 11 is 0. The van der Waals surface area contributed by atoms with Crippen LogP contribution in [0.2, 0.25) is 0 Å². The fourth-order valence-electron chi connectivity index (χ4n) is 2.19. The molecule has 0 bridgehead atoms. The number of amides is 3. The van der Waals surface area contributed by atoms with E-state index in [0.29, 0.717) is 12.5 Å². The topological polar surface area (TPSA) is 52.7 Å². The molecule has 2 fully saturated rings. The zero-order chi connectivity index (χ0) is 11.7. The largest absolute Gasteiger partial charge is 0.327 e. The van der Waals surface area contributed by atoms with Crippen molar-refractivity contribution in [2.24, 2.45) is 5.92 Å². The van der Waals surface area contributed by atoms with Gasteiger partial charge in [-0.2, -0.15) is 0 Å². The lowest BCUT2D eigenvalue weighted by Crippen LogP contribution is -2.45. The van der Waals surface area contributed by atoms with Crippen molar-refractivity contribution in [3.8, 4) is 0 Å². The molecule has 1 aliphatic carbocycles. The molecular weight excluding hydrogens is 206 g/mol. The lowest BCUT2D eigenvalue weighted by molar-refractivity contribution is -0.125. The van der Waals surface area contributed by atoms with E-state index in [-0.39, 0.29) is 24.5 Å². The summed E-state index contributed by atoms with van der Waals surface area (Å²) in [5.74, 6) is 0.572. The SMILES string of the molecule is CCNC(CN1C(=O)CN(C)C1=O)C1CC1. The molecule has 5 nitrogen and oxygen atoms in total. The Morgan fingerprint density at radius 2 is 2.12 bits per heavy atom. The molecule has 2 rings (SSSR count). The van der Waals surface area contributed by atoms with Gasteiger partial charge in [0.15, 0.2) is 0 Å². The molecule has 0 spiro atoms. The Morgan fingerprint density at radius 3 is 2.56 bits per heavy atom. The average Bonchev–Trinajstić information content (AvgIpc) is 3.03. The number of likely N-dealkylation sites (N-methyl/N-ethyl adjacent to an activating group) is 2. The number of urea groups is 1. The van der Waals surface area contributed by atoms with Crippen molar-refractivity contribution in [3.63, 3.8) is 0 Å². The van der Waals surface area contributed by atoms with E-state index in [1.807, 2.05) is 0 Å². The zero-order valence-electron chi connectivity index (χ0n) is 9.90. The van der Waals surface area contributed by atoms with E-state index < -0.39 is 0 Å². The monoisotopic (exact) mass is 225 g/mol. The Balaban J connectivity index is 1.96. The maximum absolute atomic E-state index is 11.7. The number of imide groups is 1. The van der Waals surface area contributed by atoms with Gasteiger partial charge in [-0.05, 0) is 25.3 Å². The van der Waals surface area contributed by atoms with Crippen molar-refractivity contribution in [1.82, 2.24) is 15.1 Å². The predicted octanol–water partition coefficient (Wildman–Crippen LogP) is 0.269. The van der Waals surface area contributed by atoms with Crippen LogP contribution in [0, 0.1) is 5.92 Å². The molecule has 2 aliphatic rings. The Bertz CT molecular complexity index is 302. The van der Waals surface area contributed by atoms with Gasteiger partial charge in [-0.15, -0.1) is 0 Å². The van der Waals surface area contributed by atoms with Gasteiger partial charge in [-0.3, -0.25) is 9.69 Å². The van der Waals surface area contributed by atoms with Crippen LogP contribution in [0.3, 0.4) is 0 Å². The lowest BCUT2D eigenvalue weighted by Gasteiger charge is -2.22. The van der Waals surface area contributed by atoms with Crippen molar-refractivity contribution in [2.45, 2.75) is 25.8 Å². The van der Waals surface area contributed by atoms with Crippen LogP contribution in [0.25, 0.3) is 0 Å². The van der Waals surface area contributed by atoms with E-state index in [0.717, 1.165) is 6.54 Å². The second-order valence-corrected chi connectivity index (χ2v) is 4.64. The van der Waals surface area contributed by atoms with Crippen molar-refractivity contribution >= 4 is 11.9 Å². The number of nitrogens with zero attached hydrogens (tertiary/aromatic N) is 2. The highest BCUT2D eigenvalue weighted by atomic mass is 16.2. The van der Waals surface area contributed by atoms with Crippen LogP contribution in [0.5, 0.6) is 0 Å². The first-order valence-corrected chi connectivity index (χ1v) is 5.92. The van der Waals surface area contributed by atoms with Crippen molar-refractivity contribution in [3.05, 3.63) is 0 Å². The normalized spacial score (nSPS) is 23.1. The summed E-state index contributed by atoms with van der Waals surface area (Å²) in [7, 11) is 1.67. The molecule has 1 saturated heterocycles. The molecule has 0 aromatic carbocycles. The second kappa shape index (κ2) is 4.41. The number of hydrogen-bond donors (Lipinski definition) is 1. The van der Waals surface area contributed by atoms with E-state index in [1.54, 1.807) is 7.05 Å². The molecule has 0 aromatic rings. The highest BCUT2D eigenvalue weighted by molar-refractivity contribution is 6.01. The van der Waals surface area contributed by atoms with E-state index in [1.165, 1.54) is 22.6 Å². The van der Waals surface area contributed by atoms with Gasteiger partial charge in [0.25, 0.3) is 0 Å². The van der Waals surface area contributed by atoms with Crippen molar-refractivity contribution < 1.29 is 9.59 Å². The van der Waals surface area contributed by atoms with Gasteiger partial charge in [0.2, 0.25) is 5.91 Å². The summed E-state index contributed by atoms with van der Waals surface area (Å²) in [4.78, 5) is 26.2. The molecule has 1 heterocycles. The Kier molecular flexibility index (Phi) is 3.14. The molecular formula is C11H19N3O2. The van der Waals surface area contributed by atoms with Crippen LogP contribution in [0.1, 0.15) is 19.8 Å². The Morgan fingerprint density at radius 1 is 1.44 bits per heavy atom. The number of rotatable bonds is 5. The van der Waals surface area contributed by atoms with Crippen LogP contribution in [-0.2, 0) is 4.79 Å². The third-order valence-corrected chi connectivity index (χ3v) is 3.27. The van der Waals surface area contributed by atoms with Gasteiger partial charge < -0.3 is 10.2 Å². The number of nitrogens with one attached hydrogen (secondary N) is 1. The standard InChI is InChI=1S/C11H19N3O2/c1-3-12-9(8-4-5-8)6-14-10(15)7-13(2)11(14)16/h8-9,12H,3-7H2,1-2H3. The molecule has 1 aliphatic heterocycles. The highest BCUT2D eigenvalue weighted by Gasteiger charge is 2.38. The zero-order valence-corrected chi connectivity index (χ0v) is 9.90. The molecule has 3 amide bonds. The second-order valence-electron chi connectivity index (χ2n) is 4.64. The van der Waals surface area contributed by atoms with Crippen LogP contribution in [0.15, 0.2) is 0 Å². The first-order chi connectivity index (χ1) is 7.63. The van der Waals surface area contributed by atoms with Crippen molar-refractivity contribution in [1.29, 1.82) is 0 Å². The van der Waals surface area contributed by atoms with Gasteiger partial charge in [0.1, 0.15) is 6.54 Å². The molecule has 0 radical (unpaired) electrons. The summed E-state index contributed by atoms with van der Waals surface area (Å²) < 4.78 is 0. The minimum absolute atomic E-state index is 0.0731. The summed E-state index contributed by atoms with van der Waals surface area (Å²) in [6, 6.07) is 0.123.